The van der Waals surface area contributed by atoms with E-state index in [9.17, 15) is 9.59 Å². The number of likely N-dealkylation sites (tertiary alicyclic amines) is 1. The van der Waals surface area contributed by atoms with Crippen LogP contribution in [0.3, 0.4) is 0 Å². The van der Waals surface area contributed by atoms with Gasteiger partial charge >= 0.3 is 0 Å². The molecule has 0 aromatic heterocycles. The Morgan fingerprint density at radius 2 is 1.21 bits per heavy atom. The van der Waals surface area contributed by atoms with Gasteiger partial charge < -0.3 is 10.2 Å². The zero-order chi connectivity index (χ0) is 17.2. The van der Waals surface area contributed by atoms with Crippen molar-refractivity contribution >= 4 is 11.8 Å². The lowest BCUT2D eigenvalue weighted by atomic mass is 9.94. The van der Waals surface area contributed by atoms with Crippen molar-refractivity contribution in [3.8, 4) is 0 Å². The Hall–Kier alpha value is -1.06. The predicted octanol–water partition coefficient (Wildman–Crippen LogP) is 4.03. The first-order valence-corrected chi connectivity index (χ1v) is 10.2. The number of rotatable bonds is 2. The zero-order valence-electron chi connectivity index (χ0n) is 15.5. The number of amides is 2. The van der Waals surface area contributed by atoms with E-state index in [4.69, 9.17) is 0 Å². The molecular weight excluding hydrogens is 300 g/mol. The van der Waals surface area contributed by atoms with Gasteiger partial charge in [-0.15, -0.1) is 0 Å². The molecule has 1 saturated carbocycles. The Balaban J connectivity index is 1.76. The van der Waals surface area contributed by atoms with Crippen LogP contribution in [0.5, 0.6) is 0 Å². The van der Waals surface area contributed by atoms with Crippen molar-refractivity contribution in [2.75, 3.05) is 13.1 Å². The number of hydrogen-bond donors (Lipinski definition) is 1. The molecule has 0 atom stereocenters. The molecule has 24 heavy (non-hydrogen) atoms. The number of nitrogens with one attached hydrogen (secondary N) is 1. The highest BCUT2D eigenvalue weighted by atomic mass is 16.2. The molecule has 0 bridgehead atoms. The number of carbonyl (C=O) groups excluding carboxylic acids is 2. The average Bonchev–Trinajstić information content (AvgIpc) is 2.57. The fourth-order valence-corrected chi connectivity index (χ4v) is 4.08. The van der Waals surface area contributed by atoms with Crippen LogP contribution in [0.25, 0.3) is 0 Å². The van der Waals surface area contributed by atoms with E-state index < -0.39 is 0 Å². The van der Waals surface area contributed by atoms with Gasteiger partial charge in [0.2, 0.25) is 11.8 Å². The highest BCUT2D eigenvalue weighted by Gasteiger charge is 2.27. The van der Waals surface area contributed by atoms with E-state index in [-0.39, 0.29) is 17.7 Å². The van der Waals surface area contributed by atoms with Crippen LogP contribution in [0.4, 0.5) is 0 Å². The topological polar surface area (TPSA) is 49.4 Å². The van der Waals surface area contributed by atoms with Crippen molar-refractivity contribution in [1.29, 1.82) is 0 Å². The Morgan fingerprint density at radius 1 is 0.750 bits per heavy atom. The molecule has 2 amide bonds. The second kappa shape index (κ2) is 10.7. The number of nitrogens with zero attached hydrogens (tertiary/aromatic N) is 1. The lowest BCUT2D eigenvalue weighted by molar-refractivity contribution is -0.134. The molecule has 2 rings (SSSR count). The first-order valence-electron chi connectivity index (χ1n) is 10.2. The van der Waals surface area contributed by atoms with E-state index in [1.54, 1.807) is 6.92 Å². The average molecular weight is 337 g/mol. The summed E-state index contributed by atoms with van der Waals surface area (Å²) in [4.78, 5) is 25.9. The first kappa shape index (κ1) is 19.3. The predicted molar refractivity (Wildman–Crippen MR) is 97.7 cm³/mol. The third-order valence-corrected chi connectivity index (χ3v) is 5.76. The minimum absolute atomic E-state index is 0.0991. The molecule has 0 radical (unpaired) electrons. The van der Waals surface area contributed by atoms with Crippen LogP contribution in [0, 0.1) is 5.92 Å². The van der Waals surface area contributed by atoms with Gasteiger partial charge in [-0.2, -0.15) is 0 Å². The van der Waals surface area contributed by atoms with Crippen molar-refractivity contribution in [3.05, 3.63) is 0 Å². The maximum atomic E-state index is 12.6. The molecule has 1 N–H and O–H groups in total. The summed E-state index contributed by atoms with van der Waals surface area (Å²) in [5.74, 6) is 0.463. The highest BCUT2D eigenvalue weighted by molar-refractivity contribution is 5.79. The molecule has 2 aliphatic rings. The van der Waals surface area contributed by atoms with Crippen molar-refractivity contribution in [3.63, 3.8) is 0 Å². The first-order chi connectivity index (χ1) is 11.7. The summed E-state index contributed by atoms with van der Waals surface area (Å²) in [5.41, 5.74) is 0. The maximum Gasteiger partial charge on any atom is 0.223 e. The Kier molecular flexibility index (Phi) is 8.62. The quantitative estimate of drug-likeness (QED) is 0.827. The minimum Gasteiger partial charge on any atom is -0.353 e. The molecule has 0 unspecified atom stereocenters. The minimum atomic E-state index is 0.0991. The summed E-state index contributed by atoms with van der Waals surface area (Å²) in [6, 6.07) is 0.364. The van der Waals surface area contributed by atoms with E-state index >= 15 is 0 Å². The maximum absolute atomic E-state index is 12.6. The molecule has 1 heterocycles. The van der Waals surface area contributed by atoms with Crippen LogP contribution in [-0.4, -0.2) is 35.8 Å². The number of piperidine rings is 1. The van der Waals surface area contributed by atoms with Gasteiger partial charge in [0, 0.05) is 32.0 Å². The monoisotopic (exact) mass is 336 g/mol. The van der Waals surface area contributed by atoms with E-state index in [2.05, 4.69) is 5.32 Å². The summed E-state index contributed by atoms with van der Waals surface area (Å²) in [6.07, 6.45) is 15.9. The molecule has 0 aromatic carbocycles. The standard InChI is InChI=1S/C20H36N2O2/c1-17(23)22-15-13-18(14-16-22)20(24)21-19-11-9-7-5-3-2-4-6-8-10-12-19/h18-19H,2-16H2,1H3,(H,21,24). The third-order valence-electron chi connectivity index (χ3n) is 5.76. The van der Waals surface area contributed by atoms with E-state index in [0.29, 0.717) is 6.04 Å². The Labute approximate surface area is 147 Å². The molecule has 138 valence electrons. The molecule has 1 aliphatic carbocycles. The van der Waals surface area contributed by atoms with Gasteiger partial charge in [-0.3, -0.25) is 9.59 Å². The summed E-state index contributed by atoms with van der Waals surface area (Å²) >= 11 is 0. The third kappa shape index (κ3) is 6.82. The van der Waals surface area contributed by atoms with Gasteiger partial charge in [-0.05, 0) is 25.7 Å². The summed E-state index contributed by atoms with van der Waals surface area (Å²) in [6.45, 7) is 3.08. The Bertz CT molecular complexity index is 377. The van der Waals surface area contributed by atoms with E-state index in [1.165, 1.54) is 57.8 Å². The number of carbonyl (C=O) groups is 2. The lowest BCUT2D eigenvalue weighted by Crippen LogP contribution is -2.45. The second-order valence-electron chi connectivity index (χ2n) is 7.75. The Morgan fingerprint density at radius 3 is 1.67 bits per heavy atom. The van der Waals surface area contributed by atoms with Crippen LogP contribution in [0.15, 0.2) is 0 Å². The van der Waals surface area contributed by atoms with Crippen molar-refractivity contribution in [1.82, 2.24) is 10.2 Å². The van der Waals surface area contributed by atoms with Crippen LogP contribution in [0.1, 0.15) is 90.4 Å². The van der Waals surface area contributed by atoms with Crippen molar-refractivity contribution in [2.45, 2.75) is 96.4 Å². The van der Waals surface area contributed by atoms with Crippen LogP contribution in [-0.2, 0) is 9.59 Å². The smallest absolute Gasteiger partial charge is 0.223 e. The summed E-state index contributed by atoms with van der Waals surface area (Å²) < 4.78 is 0. The van der Waals surface area contributed by atoms with Gasteiger partial charge in [0.15, 0.2) is 0 Å². The van der Waals surface area contributed by atoms with Gasteiger partial charge in [-0.25, -0.2) is 0 Å². The van der Waals surface area contributed by atoms with Crippen molar-refractivity contribution < 1.29 is 9.59 Å². The SMILES string of the molecule is CC(=O)N1CCC(C(=O)NC2CCCCCCCCCCC2)CC1. The van der Waals surface area contributed by atoms with Crippen LogP contribution >= 0.6 is 0 Å². The number of hydrogen-bond acceptors (Lipinski definition) is 2. The fourth-order valence-electron chi connectivity index (χ4n) is 4.08. The molecule has 4 heteroatoms. The van der Waals surface area contributed by atoms with E-state index in [0.717, 1.165) is 38.8 Å². The summed E-state index contributed by atoms with van der Waals surface area (Å²) in [7, 11) is 0. The van der Waals surface area contributed by atoms with Gasteiger partial charge in [0.25, 0.3) is 0 Å². The van der Waals surface area contributed by atoms with Gasteiger partial charge in [-0.1, -0.05) is 57.8 Å². The van der Waals surface area contributed by atoms with Crippen LogP contribution < -0.4 is 5.32 Å². The molecule has 0 spiro atoms. The highest BCUT2D eigenvalue weighted by Crippen LogP contribution is 2.20. The van der Waals surface area contributed by atoms with Crippen molar-refractivity contribution in [2.24, 2.45) is 5.92 Å². The molecule has 1 aliphatic heterocycles. The summed E-state index contributed by atoms with van der Waals surface area (Å²) in [5, 5.41) is 3.34. The molecule has 4 nitrogen and oxygen atoms in total. The molecule has 2 fully saturated rings. The largest absolute Gasteiger partial charge is 0.353 e. The van der Waals surface area contributed by atoms with Gasteiger partial charge in [0.05, 0.1) is 0 Å². The zero-order valence-corrected chi connectivity index (χ0v) is 15.5. The molecule has 0 aromatic rings. The molecular formula is C20H36N2O2. The normalized spacial score (nSPS) is 23.1. The van der Waals surface area contributed by atoms with Gasteiger partial charge in [0.1, 0.15) is 0 Å². The van der Waals surface area contributed by atoms with E-state index in [1.807, 2.05) is 4.90 Å². The lowest BCUT2D eigenvalue weighted by Gasteiger charge is -2.31. The van der Waals surface area contributed by atoms with Crippen LogP contribution in [0.2, 0.25) is 0 Å². The fraction of sp³-hybridized carbons (Fsp3) is 0.900. The second-order valence-corrected chi connectivity index (χ2v) is 7.75. The molecule has 1 saturated heterocycles.